The fraction of sp³-hybridized carbons (Fsp3) is 0.571. The van der Waals surface area contributed by atoms with Gasteiger partial charge in [-0.25, -0.2) is 4.79 Å². The highest BCUT2D eigenvalue weighted by atomic mass is 16.6. The zero-order chi connectivity index (χ0) is 21.9. The molecule has 0 aromatic heterocycles. The van der Waals surface area contributed by atoms with Crippen LogP contribution in [0, 0.1) is 20.8 Å². The molecule has 1 heterocycles. The third kappa shape index (κ3) is 6.19. The first-order valence-corrected chi connectivity index (χ1v) is 9.70. The number of amides is 3. The maximum absolute atomic E-state index is 12.6. The van der Waals surface area contributed by atoms with Gasteiger partial charge < -0.3 is 20.5 Å². The fourth-order valence-corrected chi connectivity index (χ4v) is 3.43. The van der Waals surface area contributed by atoms with Crippen LogP contribution in [0.5, 0.6) is 0 Å². The van der Waals surface area contributed by atoms with Crippen LogP contribution in [0.3, 0.4) is 0 Å². The summed E-state index contributed by atoms with van der Waals surface area (Å²) < 4.78 is 5.31. The van der Waals surface area contributed by atoms with Crippen LogP contribution in [0.4, 0.5) is 10.5 Å². The van der Waals surface area contributed by atoms with Gasteiger partial charge in [-0.3, -0.25) is 14.5 Å². The molecule has 3 N–H and O–H groups in total. The number of hydrogen-bond donors (Lipinski definition) is 3. The lowest BCUT2D eigenvalue weighted by molar-refractivity contribution is -0.127. The Bertz CT molecular complexity index is 777. The van der Waals surface area contributed by atoms with E-state index in [-0.39, 0.29) is 25.4 Å². The minimum absolute atomic E-state index is 0.0148. The van der Waals surface area contributed by atoms with Crippen molar-refractivity contribution in [3.8, 4) is 0 Å². The maximum atomic E-state index is 12.6. The summed E-state index contributed by atoms with van der Waals surface area (Å²) in [5.74, 6) is -0.865. The van der Waals surface area contributed by atoms with Crippen molar-refractivity contribution >= 4 is 23.6 Å². The van der Waals surface area contributed by atoms with Gasteiger partial charge >= 0.3 is 6.09 Å². The van der Waals surface area contributed by atoms with Gasteiger partial charge in [0.15, 0.2) is 0 Å². The molecule has 1 aromatic rings. The van der Waals surface area contributed by atoms with E-state index in [1.165, 1.54) is 4.90 Å². The van der Waals surface area contributed by atoms with E-state index in [0.717, 1.165) is 22.4 Å². The number of carbonyl (C=O) groups excluding carboxylic acids is 3. The van der Waals surface area contributed by atoms with Crippen molar-refractivity contribution < 1.29 is 24.2 Å². The van der Waals surface area contributed by atoms with Crippen LogP contribution in [0.2, 0.25) is 0 Å². The number of anilines is 1. The predicted octanol–water partition coefficient (Wildman–Crippen LogP) is 2.04. The molecule has 2 rings (SSSR count). The Hall–Kier alpha value is -2.61. The van der Waals surface area contributed by atoms with Crippen LogP contribution in [0.1, 0.15) is 43.9 Å². The van der Waals surface area contributed by atoms with E-state index >= 15 is 0 Å². The van der Waals surface area contributed by atoms with Gasteiger partial charge in [0.2, 0.25) is 11.8 Å². The average Bonchev–Trinajstić information content (AvgIpc) is 2.96. The number of aryl methyl sites for hydroxylation is 3. The summed E-state index contributed by atoms with van der Waals surface area (Å²) in [5, 5.41) is 15.3. The molecule has 0 aliphatic carbocycles. The number of aliphatic hydroxyl groups excluding tert-OH is 1. The molecule has 3 amide bonds. The molecular formula is C21H31N3O5. The summed E-state index contributed by atoms with van der Waals surface area (Å²) in [6.45, 7) is 10.8. The number of nitrogens with one attached hydrogen (secondary N) is 2. The molecule has 0 spiro atoms. The van der Waals surface area contributed by atoms with Gasteiger partial charge in [-0.05, 0) is 52.7 Å². The lowest BCUT2D eigenvalue weighted by Crippen LogP contribution is -2.48. The molecule has 160 valence electrons. The maximum Gasteiger partial charge on any atom is 0.411 e. The topological polar surface area (TPSA) is 108 Å². The average molecular weight is 405 g/mol. The number of ether oxygens (including phenoxy) is 1. The second kappa shape index (κ2) is 8.82. The lowest BCUT2D eigenvalue weighted by atomic mass is 10.1. The van der Waals surface area contributed by atoms with Crippen molar-refractivity contribution in [1.29, 1.82) is 0 Å². The van der Waals surface area contributed by atoms with Gasteiger partial charge in [0.25, 0.3) is 0 Å². The highest BCUT2D eigenvalue weighted by Crippen LogP contribution is 2.23. The summed E-state index contributed by atoms with van der Waals surface area (Å²) in [4.78, 5) is 38.4. The molecule has 0 saturated carbocycles. The summed E-state index contributed by atoms with van der Waals surface area (Å²) in [6, 6.07) is 3.06. The van der Waals surface area contributed by atoms with E-state index in [4.69, 9.17) is 4.74 Å². The van der Waals surface area contributed by atoms with Crippen LogP contribution in [-0.4, -0.2) is 58.8 Å². The summed E-state index contributed by atoms with van der Waals surface area (Å²) in [5.41, 5.74) is 3.00. The third-order valence-corrected chi connectivity index (χ3v) is 4.57. The van der Waals surface area contributed by atoms with E-state index in [2.05, 4.69) is 10.6 Å². The van der Waals surface area contributed by atoms with Crippen LogP contribution < -0.4 is 10.6 Å². The monoisotopic (exact) mass is 405 g/mol. The van der Waals surface area contributed by atoms with Crippen LogP contribution in [-0.2, 0) is 14.3 Å². The molecule has 1 fully saturated rings. The van der Waals surface area contributed by atoms with Crippen molar-refractivity contribution in [2.24, 2.45) is 0 Å². The first-order chi connectivity index (χ1) is 13.4. The molecule has 1 saturated heterocycles. The molecule has 8 heteroatoms. The summed E-state index contributed by atoms with van der Waals surface area (Å²) >= 11 is 0. The molecule has 2 atom stereocenters. The zero-order valence-electron chi connectivity index (χ0n) is 18.0. The van der Waals surface area contributed by atoms with E-state index in [1.54, 1.807) is 20.8 Å². The largest absolute Gasteiger partial charge is 0.444 e. The normalized spacial score (nSPS) is 19.1. The Morgan fingerprint density at radius 1 is 1.17 bits per heavy atom. The number of nitrogens with zero attached hydrogens (tertiary/aromatic N) is 1. The van der Waals surface area contributed by atoms with Crippen molar-refractivity contribution in [3.05, 3.63) is 28.8 Å². The second-order valence-corrected chi connectivity index (χ2v) is 8.58. The smallest absolute Gasteiger partial charge is 0.411 e. The number of hydrogen-bond acceptors (Lipinski definition) is 5. The third-order valence-electron chi connectivity index (χ3n) is 4.57. The van der Waals surface area contributed by atoms with Crippen molar-refractivity contribution in [2.45, 2.75) is 65.7 Å². The quantitative estimate of drug-likeness (QED) is 0.710. The number of β-amino-alcohol motifs (C(OH)–C–C–N with tert-alkyl or cyclic N) is 1. The van der Waals surface area contributed by atoms with Crippen LogP contribution in [0.15, 0.2) is 12.1 Å². The number of likely N-dealkylation sites (tertiary alicyclic amines) is 1. The van der Waals surface area contributed by atoms with Gasteiger partial charge in [0.1, 0.15) is 11.6 Å². The molecule has 1 aromatic carbocycles. The molecule has 1 aliphatic rings. The molecule has 1 aliphatic heterocycles. The standard InChI is InChI=1S/C21H31N3O5/c1-12-7-13(2)18(14(3)8-12)23-17(26)10-22-19(27)16-9-15(25)11-24(16)20(28)29-21(4,5)6/h7-8,15-16,25H,9-11H2,1-6H3,(H,22,27)(H,23,26). The first kappa shape index (κ1) is 22.7. The van der Waals surface area contributed by atoms with E-state index in [1.807, 2.05) is 32.9 Å². The molecule has 0 bridgehead atoms. The SMILES string of the molecule is Cc1cc(C)c(NC(=O)CNC(=O)C2CC(O)CN2C(=O)OC(C)(C)C)c(C)c1. The number of aliphatic hydroxyl groups is 1. The highest BCUT2D eigenvalue weighted by molar-refractivity contribution is 5.97. The zero-order valence-corrected chi connectivity index (χ0v) is 18.0. The Labute approximate surface area is 171 Å². The lowest BCUT2D eigenvalue weighted by Gasteiger charge is -2.27. The van der Waals surface area contributed by atoms with E-state index in [0.29, 0.717) is 0 Å². The molecule has 8 nitrogen and oxygen atoms in total. The molecule has 0 radical (unpaired) electrons. The number of rotatable bonds is 4. The van der Waals surface area contributed by atoms with Crippen molar-refractivity contribution in [3.63, 3.8) is 0 Å². The van der Waals surface area contributed by atoms with Gasteiger partial charge in [0, 0.05) is 12.1 Å². The summed E-state index contributed by atoms with van der Waals surface area (Å²) in [7, 11) is 0. The molecule has 2 unspecified atom stereocenters. The van der Waals surface area contributed by atoms with E-state index < -0.39 is 29.7 Å². The summed E-state index contributed by atoms with van der Waals surface area (Å²) in [6.07, 6.45) is -1.38. The van der Waals surface area contributed by atoms with Crippen molar-refractivity contribution in [2.75, 3.05) is 18.4 Å². The Balaban J connectivity index is 1.97. The Kier molecular flexibility index (Phi) is 6.89. The van der Waals surface area contributed by atoms with Crippen LogP contribution in [0.25, 0.3) is 0 Å². The second-order valence-electron chi connectivity index (χ2n) is 8.58. The molecule has 29 heavy (non-hydrogen) atoms. The minimum atomic E-state index is -0.879. The van der Waals surface area contributed by atoms with Gasteiger partial charge in [-0.15, -0.1) is 0 Å². The number of benzene rings is 1. The number of carbonyl (C=O) groups is 3. The van der Waals surface area contributed by atoms with Crippen molar-refractivity contribution in [1.82, 2.24) is 10.2 Å². The van der Waals surface area contributed by atoms with Gasteiger partial charge in [-0.1, -0.05) is 17.7 Å². The predicted molar refractivity (Wildman–Crippen MR) is 110 cm³/mol. The van der Waals surface area contributed by atoms with E-state index in [9.17, 15) is 19.5 Å². The van der Waals surface area contributed by atoms with Gasteiger partial charge in [0.05, 0.1) is 19.2 Å². The Morgan fingerprint density at radius 2 is 1.76 bits per heavy atom. The Morgan fingerprint density at radius 3 is 2.31 bits per heavy atom. The fourth-order valence-electron chi connectivity index (χ4n) is 3.43. The highest BCUT2D eigenvalue weighted by Gasteiger charge is 2.40. The van der Waals surface area contributed by atoms with Crippen LogP contribution >= 0.6 is 0 Å². The van der Waals surface area contributed by atoms with Gasteiger partial charge in [-0.2, -0.15) is 0 Å². The molecular weight excluding hydrogens is 374 g/mol. The first-order valence-electron chi connectivity index (χ1n) is 9.70. The minimum Gasteiger partial charge on any atom is -0.444 e.